The Hall–Kier alpha value is -0.790. The van der Waals surface area contributed by atoms with Crippen molar-refractivity contribution in [3.8, 4) is 0 Å². The van der Waals surface area contributed by atoms with E-state index in [1.807, 2.05) is 6.92 Å². The van der Waals surface area contributed by atoms with Gasteiger partial charge < -0.3 is 4.74 Å². The average molecular weight is 238 g/mol. The molecule has 0 radical (unpaired) electrons. The Kier molecular flexibility index (Phi) is 6.99. The molecule has 0 aromatic carbocycles. The van der Waals surface area contributed by atoms with E-state index in [-0.39, 0.29) is 5.97 Å². The second-order valence-electron chi connectivity index (χ2n) is 5.15. The number of methoxy groups -OCH3 is 1. The zero-order chi connectivity index (χ0) is 12.5. The number of rotatable bonds is 2. The SMILES string of the molecule is COC(=O)/C(C)=C/C1CCCCCCCCC1. The molecule has 98 valence electrons. The van der Waals surface area contributed by atoms with Crippen LogP contribution in [0.25, 0.3) is 0 Å². The Balaban J connectivity index is 2.49. The van der Waals surface area contributed by atoms with Crippen molar-refractivity contribution < 1.29 is 9.53 Å². The monoisotopic (exact) mass is 238 g/mol. The van der Waals surface area contributed by atoms with Crippen LogP contribution in [0.4, 0.5) is 0 Å². The highest BCUT2D eigenvalue weighted by Crippen LogP contribution is 2.23. The van der Waals surface area contributed by atoms with Crippen molar-refractivity contribution in [3.63, 3.8) is 0 Å². The van der Waals surface area contributed by atoms with E-state index in [1.165, 1.54) is 64.9 Å². The second kappa shape index (κ2) is 8.32. The van der Waals surface area contributed by atoms with Gasteiger partial charge in [0.15, 0.2) is 0 Å². The van der Waals surface area contributed by atoms with E-state index in [0.717, 1.165) is 5.57 Å². The molecule has 0 unspecified atom stereocenters. The molecule has 1 saturated carbocycles. The van der Waals surface area contributed by atoms with Gasteiger partial charge in [-0.05, 0) is 25.7 Å². The summed E-state index contributed by atoms with van der Waals surface area (Å²) >= 11 is 0. The van der Waals surface area contributed by atoms with Crippen molar-refractivity contribution in [2.75, 3.05) is 7.11 Å². The Bertz CT molecular complexity index is 246. The molecule has 1 aliphatic rings. The van der Waals surface area contributed by atoms with Crippen molar-refractivity contribution in [1.82, 2.24) is 0 Å². The maximum atomic E-state index is 11.4. The third kappa shape index (κ3) is 5.90. The van der Waals surface area contributed by atoms with Gasteiger partial charge in [-0.3, -0.25) is 0 Å². The van der Waals surface area contributed by atoms with Crippen LogP contribution in [-0.2, 0) is 9.53 Å². The molecule has 0 aliphatic heterocycles. The molecule has 1 aliphatic carbocycles. The number of ether oxygens (including phenoxy) is 1. The van der Waals surface area contributed by atoms with E-state index >= 15 is 0 Å². The van der Waals surface area contributed by atoms with Crippen LogP contribution in [0, 0.1) is 5.92 Å². The fraction of sp³-hybridized carbons (Fsp3) is 0.800. The first-order valence-electron chi connectivity index (χ1n) is 7.01. The van der Waals surface area contributed by atoms with Crippen molar-refractivity contribution >= 4 is 5.97 Å². The molecule has 0 atom stereocenters. The first-order chi connectivity index (χ1) is 8.24. The summed E-state index contributed by atoms with van der Waals surface area (Å²) in [5.74, 6) is 0.397. The van der Waals surface area contributed by atoms with Gasteiger partial charge >= 0.3 is 5.97 Å². The molecule has 1 rings (SSSR count). The number of hydrogen-bond acceptors (Lipinski definition) is 2. The summed E-state index contributed by atoms with van der Waals surface area (Å²) in [4.78, 5) is 11.4. The lowest BCUT2D eigenvalue weighted by Crippen LogP contribution is -2.06. The summed E-state index contributed by atoms with van der Waals surface area (Å²) in [5.41, 5.74) is 0.773. The largest absolute Gasteiger partial charge is 0.466 e. The van der Waals surface area contributed by atoms with Crippen LogP contribution >= 0.6 is 0 Å². The zero-order valence-electron chi connectivity index (χ0n) is 11.3. The second-order valence-corrected chi connectivity index (χ2v) is 5.15. The number of esters is 1. The van der Waals surface area contributed by atoms with Crippen molar-refractivity contribution in [2.24, 2.45) is 5.92 Å². The number of carbonyl (C=O) groups is 1. The number of allylic oxidation sites excluding steroid dienone is 1. The molecular weight excluding hydrogens is 212 g/mol. The molecule has 0 aromatic rings. The minimum absolute atomic E-state index is 0.179. The third-order valence-electron chi connectivity index (χ3n) is 3.64. The topological polar surface area (TPSA) is 26.3 Å². The lowest BCUT2D eigenvalue weighted by atomic mass is 9.91. The van der Waals surface area contributed by atoms with Crippen LogP contribution in [0.2, 0.25) is 0 Å². The van der Waals surface area contributed by atoms with Gasteiger partial charge in [0.05, 0.1) is 7.11 Å². The van der Waals surface area contributed by atoms with Crippen LogP contribution in [0.1, 0.15) is 64.7 Å². The maximum absolute atomic E-state index is 11.4. The summed E-state index contributed by atoms with van der Waals surface area (Å²) in [6.45, 7) is 1.87. The Labute approximate surface area is 105 Å². The minimum atomic E-state index is -0.179. The standard InChI is InChI=1S/C15H26O2/c1-13(15(16)17-2)12-14-10-8-6-4-3-5-7-9-11-14/h12,14H,3-11H2,1-2H3/b13-12+. The Morgan fingerprint density at radius 3 is 1.94 bits per heavy atom. The third-order valence-corrected chi connectivity index (χ3v) is 3.64. The van der Waals surface area contributed by atoms with Gasteiger partial charge in [0, 0.05) is 5.57 Å². The highest BCUT2D eigenvalue weighted by Gasteiger charge is 2.11. The summed E-state index contributed by atoms with van der Waals surface area (Å²) < 4.78 is 4.75. The molecular formula is C15H26O2. The minimum Gasteiger partial charge on any atom is -0.466 e. The lowest BCUT2D eigenvalue weighted by Gasteiger charge is -2.15. The fourth-order valence-electron chi connectivity index (χ4n) is 2.59. The Morgan fingerprint density at radius 1 is 1.00 bits per heavy atom. The van der Waals surface area contributed by atoms with Gasteiger partial charge in [0.25, 0.3) is 0 Å². The van der Waals surface area contributed by atoms with Crippen molar-refractivity contribution in [3.05, 3.63) is 11.6 Å². The summed E-state index contributed by atoms with van der Waals surface area (Å²) in [7, 11) is 1.45. The molecule has 2 nitrogen and oxygen atoms in total. The first kappa shape index (κ1) is 14.3. The van der Waals surface area contributed by atoms with E-state index in [2.05, 4.69) is 6.08 Å². The highest BCUT2D eigenvalue weighted by molar-refractivity contribution is 5.87. The van der Waals surface area contributed by atoms with Crippen LogP contribution < -0.4 is 0 Å². The smallest absolute Gasteiger partial charge is 0.333 e. The summed E-state index contributed by atoms with van der Waals surface area (Å²) in [6.07, 6.45) is 14.1. The predicted molar refractivity (Wildman–Crippen MR) is 70.8 cm³/mol. The fourth-order valence-corrected chi connectivity index (χ4v) is 2.59. The molecule has 0 heterocycles. The van der Waals surface area contributed by atoms with Crippen molar-refractivity contribution in [2.45, 2.75) is 64.7 Å². The number of hydrogen-bond donors (Lipinski definition) is 0. The van der Waals surface area contributed by atoms with Gasteiger partial charge in [0.2, 0.25) is 0 Å². The average Bonchev–Trinajstić information content (AvgIpc) is 2.36. The summed E-state index contributed by atoms with van der Waals surface area (Å²) in [6, 6.07) is 0. The lowest BCUT2D eigenvalue weighted by molar-refractivity contribution is -0.136. The van der Waals surface area contributed by atoms with Crippen LogP contribution in [0.5, 0.6) is 0 Å². The predicted octanol–water partition coefficient (Wildman–Crippen LogP) is 4.25. The van der Waals surface area contributed by atoms with Gasteiger partial charge in [-0.25, -0.2) is 4.79 Å². The molecule has 0 saturated heterocycles. The first-order valence-corrected chi connectivity index (χ1v) is 7.01. The van der Waals surface area contributed by atoms with Crippen LogP contribution in [-0.4, -0.2) is 13.1 Å². The van der Waals surface area contributed by atoms with Gasteiger partial charge in [-0.2, -0.15) is 0 Å². The molecule has 0 spiro atoms. The van der Waals surface area contributed by atoms with Crippen LogP contribution in [0.15, 0.2) is 11.6 Å². The van der Waals surface area contributed by atoms with E-state index in [4.69, 9.17) is 4.74 Å². The maximum Gasteiger partial charge on any atom is 0.333 e. The molecule has 2 heteroatoms. The van der Waals surface area contributed by atoms with Crippen LogP contribution in [0.3, 0.4) is 0 Å². The Morgan fingerprint density at radius 2 is 1.47 bits per heavy atom. The highest BCUT2D eigenvalue weighted by atomic mass is 16.5. The van der Waals surface area contributed by atoms with Gasteiger partial charge in [0.1, 0.15) is 0 Å². The molecule has 17 heavy (non-hydrogen) atoms. The van der Waals surface area contributed by atoms with E-state index < -0.39 is 0 Å². The molecule has 1 fully saturated rings. The number of carbonyl (C=O) groups excluding carboxylic acids is 1. The summed E-state index contributed by atoms with van der Waals surface area (Å²) in [5, 5.41) is 0. The van der Waals surface area contributed by atoms with E-state index in [0.29, 0.717) is 5.92 Å². The van der Waals surface area contributed by atoms with Crippen molar-refractivity contribution in [1.29, 1.82) is 0 Å². The molecule has 0 N–H and O–H groups in total. The van der Waals surface area contributed by atoms with Gasteiger partial charge in [-0.15, -0.1) is 0 Å². The van der Waals surface area contributed by atoms with Gasteiger partial charge in [-0.1, -0.05) is 51.0 Å². The normalized spacial score (nSPS) is 20.9. The quantitative estimate of drug-likeness (QED) is 0.531. The molecule has 0 aromatic heterocycles. The molecule has 0 bridgehead atoms. The van der Waals surface area contributed by atoms with E-state index in [1.54, 1.807) is 0 Å². The zero-order valence-corrected chi connectivity index (χ0v) is 11.3. The molecule has 0 amide bonds. The van der Waals surface area contributed by atoms with E-state index in [9.17, 15) is 4.79 Å².